The maximum atomic E-state index is 12.2. The molecule has 0 unspecified atom stereocenters. The predicted octanol–water partition coefficient (Wildman–Crippen LogP) is 2.62. The highest BCUT2D eigenvalue weighted by atomic mass is 16.5. The number of carbonyl (C=O) groups excluding carboxylic acids is 1. The Labute approximate surface area is 120 Å². The van der Waals surface area contributed by atoms with Gasteiger partial charge in [-0.25, -0.2) is 9.36 Å². The van der Waals surface area contributed by atoms with Crippen molar-refractivity contribution in [2.45, 2.75) is 6.92 Å². The number of ether oxygens (including phenoxy) is 1. The first kappa shape index (κ1) is 13.2. The number of aryl methyl sites for hydroxylation is 1. The number of carbonyl (C=O) groups is 1. The molecular formula is C16H13NO4. The molecule has 21 heavy (non-hydrogen) atoms. The fraction of sp³-hybridized carbons (Fsp3) is 0.125. The maximum absolute atomic E-state index is 12.2. The molecule has 0 N–H and O–H groups in total. The number of aromatic nitrogens is 1. The van der Waals surface area contributed by atoms with Gasteiger partial charge in [0.05, 0.1) is 5.52 Å². The minimum atomic E-state index is -0.697. The third-order valence-corrected chi connectivity index (χ3v) is 3.09. The van der Waals surface area contributed by atoms with E-state index < -0.39 is 11.7 Å². The number of fused-ring (bicyclic) bond motifs is 1. The number of para-hydroxylation sites is 1. The summed E-state index contributed by atoms with van der Waals surface area (Å²) >= 11 is 0. The first-order valence-electron chi connectivity index (χ1n) is 6.48. The zero-order valence-corrected chi connectivity index (χ0v) is 11.4. The van der Waals surface area contributed by atoms with Gasteiger partial charge in [0.15, 0.2) is 12.2 Å². The molecule has 0 saturated carbocycles. The molecule has 1 heterocycles. The fourth-order valence-corrected chi connectivity index (χ4v) is 2.09. The smallest absolute Gasteiger partial charge is 0.426 e. The molecular weight excluding hydrogens is 270 g/mol. The molecule has 0 fully saturated rings. The quantitative estimate of drug-likeness (QED) is 0.741. The lowest BCUT2D eigenvalue weighted by atomic mass is 10.2. The standard InChI is InChI=1S/C16H13NO4/c1-11-7-8-13-14(9-11)21-16(19)17(13)15(18)10-20-12-5-3-2-4-6-12/h2-9H,10H2,1H3. The van der Waals surface area contributed by atoms with E-state index in [0.717, 1.165) is 10.1 Å². The van der Waals surface area contributed by atoms with Crippen LogP contribution >= 0.6 is 0 Å². The van der Waals surface area contributed by atoms with Gasteiger partial charge < -0.3 is 9.15 Å². The summed E-state index contributed by atoms with van der Waals surface area (Å²) in [4.78, 5) is 24.0. The second-order valence-electron chi connectivity index (χ2n) is 4.67. The number of rotatable bonds is 3. The van der Waals surface area contributed by atoms with Gasteiger partial charge >= 0.3 is 5.76 Å². The molecule has 0 aliphatic rings. The summed E-state index contributed by atoms with van der Waals surface area (Å²) in [6, 6.07) is 14.2. The lowest BCUT2D eigenvalue weighted by molar-refractivity contribution is 0.0834. The summed E-state index contributed by atoms with van der Waals surface area (Å²) < 4.78 is 11.5. The minimum absolute atomic E-state index is 0.230. The lowest BCUT2D eigenvalue weighted by Crippen LogP contribution is -2.27. The van der Waals surface area contributed by atoms with Crippen LogP contribution in [0.1, 0.15) is 10.4 Å². The molecule has 0 bridgehead atoms. The van der Waals surface area contributed by atoms with Crippen molar-refractivity contribution in [2.24, 2.45) is 0 Å². The summed E-state index contributed by atoms with van der Waals surface area (Å²) in [5, 5.41) is 0. The Hall–Kier alpha value is -2.82. The molecule has 0 atom stereocenters. The lowest BCUT2D eigenvalue weighted by Gasteiger charge is -2.05. The van der Waals surface area contributed by atoms with Gasteiger partial charge in [-0.2, -0.15) is 0 Å². The van der Waals surface area contributed by atoms with Crippen molar-refractivity contribution in [1.82, 2.24) is 4.57 Å². The van der Waals surface area contributed by atoms with Crippen LogP contribution in [-0.4, -0.2) is 17.1 Å². The third kappa shape index (κ3) is 2.58. The van der Waals surface area contributed by atoms with Crippen LogP contribution in [0.3, 0.4) is 0 Å². The van der Waals surface area contributed by atoms with Crippen LogP contribution in [0.25, 0.3) is 11.1 Å². The Balaban J connectivity index is 1.88. The zero-order chi connectivity index (χ0) is 14.8. The van der Waals surface area contributed by atoms with Crippen molar-refractivity contribution >= 4 is 17.0 Å². The number of nitrogens with zero attached hydrogens (tertiary/aromatic N) is 1. The monoisotopic (exact) mass is 283 g/mol. The average Bonchev–Trinajstić information content (AvgIpc) is 2.81. The van der Waals surface area contributed by atoms with Crippen molar-refractivity contribution in [3.8, 4) is 5.75 Å². The van der Waals surface area contributed by atoms with E-state index >= 15 is 0 Å². The topological polar surface area (TPSA) is 61.4 Å². The van der Waals surface area contributed by atoms with Crippen LogP contribution in [0.5, 0.6) is 5.75 Å². The number of oxazole rings is 1. The van der Waals surface area contributed by atoms with Crippen LogP contribution in [0.2, 0.25) is 0 Å². The summed E-state index contributed by atoms with van der Waals surface area (Å²) in [6.45, 7) is 1.66. The molecule has 0 radical (unpaired) electrons. The van der Waals surface area contributed by atoms with Crippen LogP contribution < -0.4 is 10.5 Å². The summed E-state index contributed by atoms with van der Waals surface area (Å²) in [5.41, 5.74) is 1.80. The van der Waals surface area contributed by atoms with E-state index in [1.54, 1.807) is 24.3 Å². The Morgan fingerprint density at radius 1 is 1.19 bits per heavy atom. The highest BCUT2D eigenvalue weighted by Crippen LogP contribution is 2.15. The Bertz CT molecular complexity index is 846. The van der Waals surface area contributed by atoms with Crippen LogP contribution in [0, 0.1) is 6.92 Å². The van der Waals surface area contributed by atoms with Gasteiger partial charge in [-0.1, -0.05) is 24.3 Å². The SMILES string of the molecule is Cc1ccc2c(c1)oc(=O)n2C(=O)COc1ccccc1. The molecule has 0 saturated heterocycles. The molecule has 0 aliphatic carbocycles. The molecule has 3 aromatic rings. The van der Waals surface area contributed by atoms with Gasteiger partial charge in [0.2, 0.25) is 0 Å². The van der Waals surface area contributed by atoms with E-state index in [9.17, 15) is 9.59 Å². The highest BCUT2D eigenvalue weighted by molar-refractivity contribution is 5.90. The average molecular weight is 283 g/mol. The van der Waals surface area contributed by atoms with Crippen molar-refractivity contribution in [3.63, 3.8) is 0 Å². The molecule has 0 amide bonds. The van der Waals surface area contributed by atoms with Crippen LogP contribution in [0.4, 0.5) is 0 Å². The van der Waals surface area contributed by atoms with E-state index in [4.69, 9.17) is 9.15 Å². The van der Waals surface area contributed by atoms with Crippen molar-refractivity contribution in [1.29, 1.82) is 0 Å². The second kappa shape index (κ2) is 5.28. The highest BCUT2D eigenvalue weighted by Gasteiger charge is 2.16. The van der Waals surface area contributed by atoms with Gasteiger partial charge in [0.1, 0.15) is 5.75 Å². The molecule has 0 spiro atoms. The van der Waals surface area contributed by atoms with E-state index in [2.05, 4.69) is 0 Å². The van der Waals surface area contributed by atoms with E-state index in [-0.39, 0.29) is 6.61 Å². The fourth-order valence-electron chi connectivity index (χ4n) is 2.09. The molecule has 5 nitrogen and oxygen atoms in total. The van der Waals surface area contributed by atoms with Crippen molar-refractivity contribution in [2.75, 3.05) is 6.61 Å². The van der Waals surface area contributed by atoms with Gasteiger partial charge in [0, 0.05) is 0 Å². The van der Waals surface area contributed by atoms with E-state index in [0.29, 0.717) is 16.8 Å². The first-order chi connectivity index (χ1) is 10.1. The van der Waals surface area contributed by atoms with Gasteiger partial charge in [-0.3, -0.25) is 4.79 Å². The number of hydrogen-bond donors (Lipinski definition) is 0. The normalized spacial score (nSPS) is 10.7. The Morgan fingerprint density at radius 3 is 2.71 bits per heavy atom. The Morgan fingerprint density at radius 2 is 1.95 bits per heavy atom. The van der Waals surface area contributed by atoms with Crippen molar-refractivity contribution in [3.05, 3.63) is 64.6 Å². The maximum Gasteiger partial charge on any atom is 0.426 e. The second-order valence-corrected chi connectivity index (χ2v) is 4.67. The van der Waals surface area contributed by atoms with Crippen LogP contribution in [0.15, 0.2) is 57.7 Å². The molecule has 2 aromatic carbocycles. The summed E-state index contributed by atoms with van der Waals surface area (Å²) in [5.74, 6) is -0.591. The van der Waals surface area contributed by atoms with E-state index in [1.807, 2.05) is 31.2 Å². The predicted molar refractivity (Wildman–Crippen MR) is 77.8 cm³/mol. The molecule has 0 aliphatic heterocycles. The van der Waals surface area contributed by atoms with Gasteiger partial charge in [-0.15, -0.1) is 0 Å². The minimum Gasteiger partial charge on any atom is -0.484 e. The zero-order valence-electron chi connectivity index (χ0n) is 11.4. The van der Waals surface area contributed by atoms with E-state index in [1.165, 1.54) is 0 Å². The first-order valence-corrected chi connectivity index (χ1v) is 6.48. The third-order valence-electron chi connectivity index (χ3n) is 3.09. The largest absolute Gasteiger partial charge is 0.484 e. The number of benzene rings is 2. The van der Waals surface area contributed by atoms with Gasteiger partial charge in [-0.05, 0) is 36.8 Å². The Kier molecular flexibility index (Phi) is 3.31. The number of hydrogen-bond acceptors (Lipinski definition) is 4. The van der Waals surface area contributed by atoms with Crippen LogP contribution in [-0.2, 0) is 0 Å². The molecule has 3 rings (SSSR count). The van der Waals surface area contributed by atoms with Gasteiger partial charge in [0.25, 0.3) is 5.91 Å². The van der Waals surface area contributed by atoms with Crippen molar-refractivity contribution < 1.29 is 13.9 Å². The molecule has 1 aromatic heterocycles. The summed E-state index contributed by atoms with van der Waals surface area (Å²) in [7, 11) is 0. The summed E-state index contributed by atoms with van der Waals surface area (Å²) in [6.07, 6.45) is 0. The molecule has 106 valence electrons. The molecule has 5 heteroatoms.